The molecule has 19 heavy (non-hydrogen) atoms. The van der Waals surface area contributed by atoms with Crippen LogP contribution in [0.3, 0.4) is 0 Å². The topological polar surface area (TPSA) is 15.3 Å². The second kappa shape index (κ2) is 7.41. The van der Waals surface area contributed by atoms with Crippen LogP contribution in [0, 0.1) is 5.92 Å². The van der Waals surface area contributed by atoms with E-state index in [1.807, 2.05) is 0 Å². The first kappa shape index (κ1) is 15.0. The van der Waals surface area contributed by atoms with Crippen molar-refractivity contribution in [1.29, 1.82) is 0 Å². The number of nitrogens with zero attached hydrogens (tertiary/aromatic N) is 1. The Labute approximate surface area is 125 Å². The van der Waals surface area contributed by atoms with Gasteiger partial charge in [-0.1, -0.05) is 35.0 Å². The highest BCUT2D eigenvalue weighted by molar-refractivity contribution is 9.10. The van der Waals surface area contributed by atoms with Gasteiger partial charge >= 0.3 is 0 Å². The van der Waals surface area contributed by atoms with Crippen molar-refractivity contribution in [3.05, 3.63) is 34.3 Å². The van der Waals surface area contributed by atoms with E-state index in [4.69, 9.17) is 0 Å². The Kier molecular flexibility index (Phi) is 5.86. The van der Waals surface area contributed by atoms with Gasteiger partial charge in [0.25, 0.3) is 0 Å². The van der Waals surface area contributed by atoms with Crippen molar-refractivity contribution in [2.45, 2.75) is 32.2 Å². The zero-order valence-corrected chi connectivity index (χ0v) is 13.6. The number of hydrogen-bond donors (Lipinski definition) is 1. The molecule has 1 aromatic carbocycles. The Morgan fingerprint density at radius 1 is 1.32 bits per heavy atom. The van der Waals surface area contributed by atoms with Crippen LogP contribution in [0.25, 0.3) is 0 Å². The Morgan fingerprint density at radius 2 is 2.00 bits per heavy atom. The molecule has 1 aliphatic rings. The van der Waals surface area contributed by atoms with Crippen molar-refractivity contribution in [2.24, 2.45) is 5.92 Å². The van der Waals surface area contributed by atoms with Gasteiger partial charge < -0.3 is 10.2 Å². The molecule has 0 bridgehead atoms. The summed E-state index contributed by atoms with van der Waals surface area (Å²) in [4.78, 5) is 2.60. The average Bonchev–Trinajstić information content (AvgIpc) is 3.24. The van der Waals surface area contributed by atoms with Gasteiger partial charge in [0.1, 0.15) is 0 Å². The minimum absolute atomic E-state index is 0.460. The molecule has 0 aromatic heterocycles. The van der Waals surface area contributed by atoms with Crippen molar-refractivity contribution < 1.29 is 0 Å². The molecule has 1 saturated carbocycles. The Hall–Kier alpha value is -0.380. The predicted molar refractivity (Wildman–Crippen MR) is 85.4 cm³/mol. The molecule has 106 valence electrons. The van der Waals surface area contributed by atoms with E-state index in [0.717, 1.165) is 10.4 Å². The normalized spacial score (nSPS) is 16.8. The molecule has 1 atom stereocenters. The largest absolute Gasteiger partial charge is 0.313 e. The fourth-order valence-corrected chi connectivity index (χ4v) is 2.79. The van der Waals surface area contributed by atoms with E-state index in [0.29, 0.717) is 6.04 Å². The summed E-state index contributed by atoms with van der Waals surface area (Å²) in [5.74, 6) is 0.987. The van der Waals surface area contributed by atoms with E-state index >= 15 is 0 Å². The highest BCUT2D eigenvalue weighted by Gasteiger charge is 2.23. The Morgan fingerprint density at radius 3 is 2.53 bits per heavy atom. The van der Waals surface area contributed by atoms with Gasteiger partial charge in [0.15, 0.2) is 0 Å². The lowest BCUT2D eigenvalue weighted by atomic mass is 10.0. The molecule has 0 aliphatic heterocycles. The summed E-state index contributed by atoms with van der Waals surface area (Å²) in [6.07, 6.45) is 4.07. The number of benzene rings is 1. The van der Waals surface area contributed by atoms with Gasteiger partial charge in [0, 0.05) is 17.1 Å². The standard InChI is InChI=1S/C16H25BrN2/c1-3-19(12-13-4-5-13)11-10-16(18-2)14-6-8-15(17)9-7-14/h6-9,13,16,18H,3-5,10-12H2,1-2H3. The molecule has 0 spiro atoms. The fraction of sp³-hybridized carbons (Fsp3) is 0.625. The lowest BCUT2D eigenvalue weighted by molar-refractivity contribution is 0.261. The molecule has 1 N–H and O–H groups in total. The monoisotopic (exact) mass is 324 g/mol. The summed E-state index contributed by atoms with van der Waals surface area (Å²) in [5.41, 5.74) is 1.38. The summed E-state index contributed by atoms with van der Waals surface area (Å²) in [5, 5.41) is 3.44. The van der Waals surface area contributed by atoms with E-state index in [1.165, 1.54) is 44.5 Å². The van der Waals surface area contributed by atoms with Gasteiger partial charge in [0.2, 0.25) is 0 Å². The summed E-state index contributed by atoms with van der Waals surface area (Å²) >= 11 is 3.50. The van der Waals surface area contributed by atoms with Crippen LogP contribution in [0.2, 0.25) is 0 Å². The van der Waals surface area contributed by atoms with Gasteiger partial charge in [-0.2, -0.15) is 0 Å². The van der Waals surface area contributed by atoms with E-state index in [9.17, 15) is 0 Å². The molecule has 0 amide bonds. The number of nitrogens with one attached hydrogen (secondary N) is 1. The lowest BCUT2D eigenvalue weighted by Crippen LogP contribution is -2.30. The molecule has 2 rings (SSSR count). The molecule has 1 aliphatic carbocycles. The summed E-state index contributed by atoms with van der Waals surface area (Å²) in [7, 11) is 2.06. The van der Waals surface area contributed by atoms with Crippen LogP contribution in [-0.2, 0) is 0 Å². The van der Waals surface area contributed by atoms with Crippen molar-refractivity contribution in [3.8, 4) is 0 Å². The fourth-order valence-electron chi connectivity index (χ4n) is 2.53. The predicted octanol–water partition coefficient (Wildman–Crippen LogP) is 3.83. The molecule has 0 radical (unpaired) electrons. The zero-order valence-electron chi connectivity index (χ0n) is 12.0. The van der Waals surface area contributed by atoms with Gasteiger partial charge in [-0.25, -0.2) is 0 Å². The van der Waals surface area contributed by atoms with E-state index in [1.54, 1.807) is 0 Å². The summed E-state index contributed by atoms with van der Waals surface area (Å²) in [6, 6.07) is 9.13. The van der Waals surface area contributed by atoms with Crippen LogP contribution in [-0.4, -0.2) is 31.6 Å². The first-order chi connectivity index (χ1) is 9.22. The van der Waals surface area contributed by atoms with Crippen LogP contribution in [0.15, 0.2) is 28.7 Å². The third-order valence-corrected chi connectivity index (χ3v) is 4.54. The number of halogens is 1. The molecular formula is C16H25BrN2. The van der Waals surface area contributed by atoms with Crippen LogP contribution in [0.4, 0.5) is 0 Å². The van der Waals surface area contributed by atoms with Gasteiger partial charge in [-0.05, 0) is 63.0 Å². The van der Waals surface area contributed by atoms with Gasteiger partial charge in [-0.3, -0.25) is 0 Å². The van der Waals surface area contributed by atoms with Crippen molar-refractivity contribution in [2.75, 3.05) is 26.7 Å². The van der Waals surface area contributed by atoms with Crippen LogP contribution < -0.4 is 5.32 Å². The highest BCUT2D eigenvalue weighted by atomic mass is 79.9. The van der Waals surface area contributed by atoms with E-state index < -0.39 is 0 Å². The number of rotatable bonds is 8. The molecule has 2 nitrogen and oxygen atoms in total. The summed E-state index contributed by atoms with van der Waals surface area (Å²) in [6.45, 7) is 5.94. The minimum Gasteiger partial charge on any atom is -0.313 e. The van der Waals surface area contributed by atoms with Gasteiger partial charge in [-0.15, -0.1) is 0 Å². The second-order valence-corrected chi connectivity index (χ2v) is 6.43. The molecular weight excluding hydrogens is 300 g/mol. The number of hydrogen-bond acceptors (Lipinski definition) is 2. The molecule has 1 unspecified atom stereocenters. The maximum atomic E-state index is 3.50. The third-order valence-electron chi connectivity index (χ3n) is 4.02. The molecule has 1 aromatic rings. The summed E-state index contributed by atoms with van der Waals surface area (Å²) < 4.78 is 1.15. The first-order valence-electron chi connectivity index (χ1n) is 7.38. The molecule has 1 fully saturated rings. The van der Waals surface area contributed by atoms with Crippen LogP contribution in [0.1, 0.15) is 37.8 Å². The third kappa shape index (κ3) is 4.90. The van der Waals surface area contributed by atoms with Crippen LogP contribution in [0.5, 0.6) is 0 Å². The Bertz CT molecular complexity index is 373. The lowest BCUT2D eigenvalue weighted by Gasteiger charge is -2.24. The zero-order chi connectivity index (χ0) is 13.7. The highest BCUT2D eigenvalue weighted by Crippen LogP contribution is 2.30. The second-order valence-electron chi connectivity index (χ2n) is 5.52. The minimum atomic E-state index is 0.460. The van der Waals surface area contributed by atoms with E-state index in [2.05, 4.69) is 64.4 Å². The molecule has 0 heterocycles. The van der Waals surface area contributed by atoms with Crippen molar-refractivity contribution in [3.63, 3.8) is 0 Å². The first-order valence-corrected chi connectivity index (χ1v) is 8.17. The van der Waals surface area contributed by atoms with E-state index in [-0.39, 0.29) is 0 Å². The van der Waals surface area contributed by atoms with Crippen molar-refractivity contribution >= 4 is 15.9 Å². The maximum Gasteiger partial charge on any atom is 0.0329 e. The molecule has 3 heteroatoms. The SMILES string of the molecule is CCN(CCC(NC)c1ccc(Br)cc1)CC1CC1. The smallest absolute Gasteiger partial charge is 0.0329 e. The maximum absolute atomic E-state index is 3.50. The molecule has 0 saturated heterocycles. The average molecular weight is 325 g/mol. The van der Waals surface area contributed by atoms with Gasteiger partial charge in [0.05, 0.1) is 0 Å². The Balaban J connectivity index is 1.85. The quantitative estimate of drug-likeness (QED) is 0.781. The van der Waals surface area contributed by atoms with Crippen LogP contribution >= 0.6 is 15.9 Å². The van der Waals surface area contributed by atoms with Crippen molar-refractivity contribution in [1.82, 2.24) is 10.2 Å².